The van der Waals surface area contributed by atoms with E-state index in [1.807, 2.05) is 11.3 Å². The van der Waals surface area contributed by atoms with Crippen molar-refractivity contribution in [2.45, 2.75) is 104 Å². The number of phenols is 1. The maximum atomic E-state index is 12.2. The highest BCUT2D eigenvalue weighted by Crippen LogP contribution is 2.58. The third kappa shape index (κ3) is 3.11. The molecule has 0 aliphatic heterocycles. The summed E-state index contributed by atoms with van der Waals surface area (Å²) in [7, 11) is 0. The Balaban J connectivity index is 1.59. The molecule has 2 heterocycles. The van der Waals surface area contributed by atoms with Crippen LogP contribution in [0.5, 0.6) is 5.75 Å². The minimum Gasteiger partial charge on any atom is -0.507 e. The Kier molecular flexibility index (Phi) is 5.53. The number of aromatic hydroxyl groups is 1. The Bertz CT molecular complexity index is 1880. The first-order valence-corrected chi connectivity index (χ1v) is 16.6. The molecule has 2 aliphatic rings. The Morgan fingerprint density at radius 1 is 0.846 bits per heavy atom. The molecule has 8 rings (SSSR count). The number of aromatic nitrogens is 1. The number of hydrogen-bond acceptors (Lipinski definition) is 3. The summed E-state index contributed by atoms with van der Waals surface area (Å²) in [6.07, 6.45) is 16.5. The molecule has 2 aromatic heterocycles. The predicted octanol–water partition coefficient (Wildman–Crippen LogP) is 10.6. The molecule has 0 fully saturated rings. The molecule has 0 bridgehead atoms. The maximum absolute atomic E-state index is 12.2. The topological polar surface area (TPSA) is 33.1 Å². The van der Waals surface area contributed by atoms with Gasteiger partial charge in [-0.2, -0.15) is 0 Å². The first-order chi connectivity index (χ1) is 19.2. The number of thiophene rings is 1. The fourth-order valence-corrected chi connectivity index (χ4v) is 9.96. The molecule has 0 spiro atoms. The van der Waals surface area contributed by atoms with Gasteiger partial charge in [0.05, 0.1) is 5.52 Å². The number of fused-ring (bicyclic) bond motifs is 1. The maximum Gasteiger partial charge on any atom is 0.127 e. The van der Waals surface area contributed by atoms with Crippen LogP contribution in [0.3, 0.4) is 0 Å². The lowest BCUT2D eigenvalue weighted by molar-refractivity contribution is 0.337. The average Bonchev–Trinajstić information content (AvgIpc) is 3.41. The normalized spacial score (nSPS) is 19.2. The van der Waals surface area contributed by atoms with E-state index in [9.17, 15) is 5.11 Å². The predicted molar refractivity (Wildman–Crippen MR) is 169 cm³/mol. The third-order valence-electron chi connectivity index (χ3n) is 10.6. The van der Waals surface area contributed by atoms with Crippen molar-refractivity contribution in [2.75, 3.05) is 0 Å². The molecular formula is C36H39NOS. The summed E-state index contributed by atoms with van der Waals surface area (Å²) in [4.78, 5) is 5.19. The van der Waals surface area contributed by atoms with Gasteiger partial charge in [0.1, 0.15) is 5.75 Å². The van der Waals surface area contributed by atoms with Gasteiger partial charge in [0, 0.05) is 48.6 Å². The van der Waals surface area contributed by atoms with Gasteiger partial charge in [-0.3, -0.25) is 4.98 Å². The molecule has 1 N–H and O–H groups in total. The first-order valence-electron chi connectivity index (χ1n) is 15.7. The van der Waals surface area contributed by atoms with E-state index >= 15 is 0 Å². The SMILES string of the molecule is CCCCCc1cc2ncc3c(CCCC)c4c5c6c(c(O)c7c8csc1c8c2c3c57)CCC(CC)C6CC4. The lowest BCUT2D eigenvalue weighted by Gasteiger charge is -2.40. The minimum atomic E-state index is 0.588. The van der Waals surface area contributed by atoms with E-state index in [4.69, 9.17) is 4.98 Å². The Hall–Kier alpha value is -2.65. The van der Waals surface area contributed by atoms with Crippen molar-refractivity contribution >= 4 is 64.6 Å². The molecule has 0 saturated carbocycles. The lowest BCUT2D eigenvalue weighted by Crippen LogP contribution is -2.25. The number of phenolic OH excluding ortho intramolecular Hbond substituents is 1. The highest BCUT2D eigenvalue weighted by atomic mass is 32.1. The first kappa shape index (κ1) is 24.2. The summed E-state index contributed by atoms with van der Waals surface area (Å²) < 4.78 is 1.43. The van der Waals surface area contributed by atoms with E-state index in [0.29, 0.717) is 11.7 Å². The van der Waals surface area contributed by atoms with Crippen molar-refractivity contribution in [1.29, 1.82) is 0 Å². The second-order valence-electron chi connectivity index (χ2n) is 12.6. The highest BCUT2D eigenvalue weighted by molar-refractivity contribution is 7.18. The van der Waals surface area contributed by atoms with E-state index in [1.165, 1.54) is 117 Å². The van der Waals surface area contributed by atoms with Crippen molar-refractivity contribution < 1.29 is 5.11 Å². The van der Waals surface area contributed by atoms with Crippen LogP contribution in [-0.2, 0) is 25.7 Å². The Morgan fingerprint density at radius 3 is 2.51 bits per heavy atom. The second kappa shape index (κ2) is 8.93. The van der Waals surface area contributed by atoms with Crippen LogP contribution in [0.1, 0.15) is 106 Å². The molecule has 2 aliphatic carbocycles. The third-order valence-corrected chi connectivity index (χ3v) is 11.7. The van der Waals surface area contributed by atoms with Crippen LogP contribution < -0.4 is 0 Å². The number of unbranched alkanes of at least 4 members (excludes halogenated alkanes) is 3. The number of nitrogens with zero attached hydrogens (tertiary/aromatic N) is 1. The van der Waals surface area contributed by atoms with Gasteiger partial charge < -0.3 is 5.11 Å². The van der Waals surface area contributed by atoms with Gasteiger partial charge in [0.15, 0.2) is 0 Å². The smallest absolute Gasteiger partial charge is 0.127 e. The zero-order valence-electron chi connectivity index (χ0n) is 23.7. The number of benzene rings is 4. The van der Waals surface area contributed by atoms with E-state index in [0.717, 1.165) is 36.1 Å². The van der Waals surface area contributed by atoms with E-state index < -0.39 is 0 Å². The summed E-state index contributed by atoms with van der Waals surface area (Å²) >= 11 is 1.89. The van der Waals surface area contributed by atoms with Gasteiger partial charge in [-0.15, -0.1) is 11.3 Å². The van der Waals surface area contributed by atoms with Crippen molar-refractivity contribution in [3.63, 3.8) is 0 Å². The number of hydrogen-bond donors (Lipinski definition) is 1. The molecule has 0 amide bonds. The highest BCUT2D eigenvalue weighted by Gasteiger charge is 2.38. The van der Waals surface area contributed by atoms with Crippen LogP contribution >= 0.6 is 11.3 Å². The molecular weight excluding hydrogens is 494 g/mol. The molecule has 6 aromatic rings. The molecule has 2 unspecified atom stereocenters. The van der Waals surface area contributed by atoms with Crippen LogP contribution in [0.2, 0.25) is 0 Å². The lowest BCUT2D eigenvalue weighted by atomic mass is 9.64. The van der Waals surface area contributed by atoms with Crippen LogP contribution in [0.4, 0.5) is 0 Å². The van der Waals surface area contributed by atoms with Crippen LogP contribution in [-0.4, -0.2) is 10.1 Å². The van der Waals surface area contributed by atoms with E-state index in [2.05, 4.69) is 38.4 Å². The summed E-state index contributed by atoms with van der Waals surface area (Å²) in [6.45, 7) is 6.97. The van der Waals surface area contributed by atoms with Gasteiger partial charge in [-0.05, 0) is 108 Å². The molecule has 39 heavy (non-hydrogen) atoms. The minimum absolute atomic E-state index is 0.588. The Morgan fingerprint density at radius 2 is 1.69 bits per heavy atom. The summed E-state index contributed by atoms with van der Waals surface area (Å²) in [5, 5.41) is 25.3. The van der Waals surface area contributed by atoms with Gasteiger partial charge in [-0.1, -0.05) is 46.5 Å². The zero-order chi connectivity index (χ0) is 26.4. The van der Waals surface area contributed by atoms with Crippen molar-refractivity contribution in [1.82, 2.24) is 4.98 Å². The van der Waals surface area contributed by atoms with Gasteiger partial charge >= 0.3 is 0 Å². The number of pyridine rings is 1. The summed E-state index contributed by atoms with van der Waals surface area (Å²) in [5.41, 5.74) is 8.55. The van der Waals surface area contributed by atoms with Crippen molar-refractivity contribution in [2.24, 2.45) is 5.92 Å². The standard InChI is InChI=1S/C36H39NOS/c1-4-7-9-10-20-16-27-33-30-25(17-37-27)22(11-8-5-2)23-15-14-21-19(6-3)12-13-24-28(21)29(23)34(30)31(35(24)38)26-18-39-36(20)32(26)33/h16-19,21,38H,4-15H2,1-3H3. The quantitative estimate of drug-likeness (QED) is 0.120. The van der Waals surface area contributed by atoms with Crippen molar-refractivity contribution in [3.05, 3.63) is 45.5 Å². The number of aryl methyl sites for hydroxylation is 3. The molecule has 3 heteroatoms. The molecule has 0 radical (unpaired) electrons. The average molecular weight is 534 g/mol. The largest absolute Gasteiger partial charge is 0.507 e. The molecule has 200 valence electrons. The molecule has 0 saturated heterocycles. The molecule has 2 nitrogen and oxygen atoms in total. The summed E-state index contributed by atoms with van der Waals surface area (Å²) in [6, 6.07) is 2.41. The van der Waals surface area contributed by atoms with Gasteiger partial charge in [0.25, 0.3) is 0 Å². The van der Waals surface area contributed by atoms with Gasteiger partial charge in [-0.25, -0.2) is 0 Å². The fraction of sp³-hybridized carbons (Fsp3) is 0.472. The molecule has 4 aromatic carbocycles. The van der Waals surface area contributed by atoms with Gasteiger partial charge in [0.2, 0.25) is 0 Å². The number of rotatable bonds is 8. The molecule has 2 atom stereocenters. The van der Waals surface area contributed by atoms with Crippen LogP contribution in [0.15, 0.2) is 17.6 Å². The van der Waals surface area contributed by atoms with Crippen molar-refractivity contribution in [3.8, 4) is 5.75 Å². The monoisotopic (exact) mass is 533 g/mol. The van der Waals surface area contributed by atoms with E-state index in [-0.39, 0.29) is 0 Å². The van der Waals surface area contributed by atoms with E-state index in [1.54, 1.807) is 11.1 Å². The van der Waals surface area contributed by atoms with Crippen LogP contribution in [0, 0.1) is 5.92 Å². The van der Waals surface area contributed by atoms with Crippen LogP contribution in [0.25, 0.3) is 53.3 Å². The fourth-order valence-electron chi connectivity index (χ4n) is 8.84. The Labute approximate surface area is 235 Å². The zero-order valence-corrected chi connectivity index (χ0v) is 24.5. The second-order valence-corrected chi connectivity index (χ2v) is 13.4. The summed E-state index contributed by atoms with van der Waals surface area (Å²) in [5.74, 6) is 1.92.